The minimum Gasteiger partial charge on any atom is -0.462 e. The smallest absolute Gasteiger partial charge is 0.306 e. The van der Waals surface area contributed by atoms with Gasteiger partial charge in [-0.2, -0.15) is 0 Å². The number of rotatable bonds is 49. The summed E-state index contributed by atoms with van der Waals surface area (Å²) < 4.78 is 16.7. The van der Waals surface area contributed by atoms with Gasteiger partial charge in [0.05, 0.1) is 0 Å². The molecule has 0 rings (SSSR count). The van der Waals surface area contributed by atoms with Crippen LogP contribution in [0.15, 0.2) is 146 Å². The highest BCUT2D eigenvalue weighted by atomic mass is 16.6. The molecule has 6 heteroatoms. The van der Waals surface area contributed by atoms with E-state index in [0.717, 1.165) is 148 Å². The molecule has 0 aliphatic carbocycles. The van der Waals surface area contributed by atoms with E-state index in [1.807, 2.05) is 0 Å². The fraction of sp³-hybridized carbons (Fsp3) is 0.585. The van der Waals surface area contributed by atoms with Crippen molar-refractivity contribution >= 4 is 17.9 Å². The number of ether oxygens (including phenoxy) is 3. The Kier molecular flexibility index (Phi) is 54.0. The highest BCUT2D eigenvalue weighted by molar-refractivity contribution is 5.71. The van der Waals surface area contributed by atoms with Crippen molar-refractivity contribution in [2.45, 2.75) is 232 Å². The van der Waals surface area contributed by atoms with Crippen molar-refractivity contribution in [3.63, 3.8) is 0 Å². The molecule has 0 heterocycles. The first-order valence-electron chi connectivity index (χ1n) is 28.3. The van der Waals surface area contributed by atoms with Crippen LogP contribution in [0.25, 0.3) is 0 Å². The van der Waals surface area contributed by atoms with Crippen molar-refractivity contribution in [3.8, 4) is 0 Å². The molecule has 71 heavy (non-hydrogen) atoms. The fourth-order valence-corrected chi connectivity index (χ4v) is 7.15. The summed E-state index contributed by atoms with van der Waals surface area (Å²) >= 11 is 0. The van der Waals surface area contributed by atoms with E-state index in [9.17, 15) is 14.4 Å². The van der Waals surface area contributed by atoms with Gasteiger partial charge in [-0.15, -0.1) is 0 Å². The summed E-state index contributed by atoms with van der Waals surface area (Å²) in [6.07, 6.45) is 83.1. The van der Waals surface area contributed by atoms with E-state index in [4.69, 9.17) is 14.2 Å². The summed E-state index contributed by atoms with van der Waals surface area (Å²) in [5, 5.41) is 0. The van der Waals surface area contributed by atoms with Gasteiger partial charge in [0.25, 0.3) is 0 Å². The average molecular weight is 980 g/mol. The quantitative estimate of drug-likeness (QED) is 0.0262. The molecule has 0 aromatic rings. The molecular weight excluding hydrogens is 877 g/mol. The normalized spacial score (nSPS) is 13.2. The third-order valence-corrected chi connectivity index (χ3v) is 11.3. The maximum Gasteiger partial charge on any atom is 0.306 e. The summed E-state index contributed by atoms with van der Waals surface area (Å²) in [7, 11) is 0. The van der Waals surface area contributed by atoms with Gasteiger partial charge >= 0.3 is 17.9 Å². The topological polar surface area (TPSA) is 78.9 Å². The summed E-state index contributed by atoms with van der Waals surface area (Å²) in [5.74, 6) is -0.978. The van der Waals surface area contributed by atoms with Gasteiger partial charge in [0.15, 0.2) is 6.10 Å². The second kappa shape index (κ2) is 57.9. The second-order valence-corrected chi connectivity index (χ2v) is 18.1. The molecule has 0 N–H and O–H groups in total. The van der Waals surface area contributed by atoms with Crippen LogP contribution < -0.4 is 0 Å². The molecule has 6 nitrogen and oxygen atoms in total. The molecule has 0 aliphatic heterocycles. The van der Waals surface area contributed by atoms with Crippen molar-refractivity contribution in [1.29, 1.82) is 0 Å². The minimum absolute atomic E-state index is 0.101. The zero-order valence-electron chi connectivity index (χ0n) is 45.4. The fourth-order valence-electron chi connectivity index (χ4n) is 7.15. The number of unbranched alkanes of at least 4 members (excludes halogenated alkanes) is 14. The Labute approximate surface area is 436 Å². The van der Waals surface area contributed by atoms with Crippen molar-refractivity contribution in [3.05, 3.63) is 146 Å². The molecule has 0 fully saturated rings. The van der Waals surface area contributed by atoms with Crippen LogP contribution in [0.5, 0.6) is 0 Å². The molecule has 1 atom stereocenters. The Hall–Kier alpha value is -4.71. The zero-order chi connectivity index (χ0) is 51.4. The van der Waals surface area contributed by atoms with E-state index in [1.165, 1.54) is 32.1 Å². The molecule has 0 aliphatic rings. The van der Waals surface area contributed by atoms with Gasteiger partial charge in [0.1, 0.15) is 13.2 Å². The maximum atomic E-state index is 12.8. The van der Waals surface area contributed by atoms with Gasteiger partial charge in [0.2, 0.25) is 0 Å². The third kappa shape index (κ3) is 56.1. The van der Waals surface area contributed by atoms with Crippen LogP contribution in [0.1, 0.15) is 226 Å². The van der Waals surface area contributed by atoms with E-state index in [-0.39, 0.29) is 31.1 Å². The van der Waals surface area contributed by atoms with Crippen LogP contribution in [-0.2, 0) is 28.6 Å². The molecule has 0 bridgehead atoms. The predicted octanol–water partition coefficient (Wildman–Crippen LogP) is 19.2. The Morgan fingerprint density at radius 3 is 0.887 bits per heavy atom. The summed E-state index contributed by atoms with van der Waals surface area (Å²) in [5.41, 5.74) is 0. The highest BCUT2D eigenvalue weighted by Crippen LogP contribution is 2.13. The molecule has 0 amide bonds. The molecule has 0 saturated heterocycles. The molecule has 0 spiro atoms. The van der Waals surface area contributed by atoms with E-state index in [0.29, 0.717) is 25.7 Å². The Morgan fingerprint density at radius 2 is 0.549 bits per heavy atom. The van der Waals surface area contributed by atoms with Crippen molar-refractivity contribution in [1.82, 2.24) is 0 Å². The van der Waals surface area contributed by atoms with Crippen LogP contribution in [0.4, 0.5) is 0 Å². The Balaban J connectivity index is 4.25. The molecule has 1 unspecified atom stereocenters. The largest absolute Gasteiger partial charge is 0.462 e. The maximum absolute atomic E-state index is 12.8. The van der Waals surface area contributed by atoms with E-state index in [2.05, 4.69) is 167 Å². The molecule has 0 aromatic carbocycles. The molecule has 0 aromatic heterocycles. The monoisotopic (exact) mass is 979 g/mol. The van der Waals surface area contributed by atoms with E-state index in [1.54, 1.807) is 0 Å². The van der Waals surface area contributed by atoms with Crippen molar-refractivity contribution < 1.29 is 28.6 Å². The first kappa shape index (κ1) is 66.3. The SMILES string of the molecule is CC/C=C\C/C=C\C/C=C\C/C=C\C/C=C\C/C=C\C/C=C\C/C=C\CCCCC(=O)OCC(COC(=O)CCCCCCC)OC(=O)CCCCCCCCCC/C=C\C/C=C\C/C=C\C/C=C\CC. The van der Waals surface area contributed by atoms with E-state index >= 15 is 0 Å². The predicted molar refractivity (Wildman–Crippen MR) is 306 cm³/mol. The first-order chi connectivity index (χ1) is 35.0. The van der Waals surface area contributed by atoms with E-state index < -0.39 is 6.10 Å². The van der Waals surface area contributed by atoms with Gasteiger partial charge in [-0.25, -0.2) is 0 Å². The van der Waals surface area contributed by atoms with Crippen LogP contribution in [0, 0.1) is 0 Å². The molecule has 0 radical (unpaired) electrons. The standard InChI is InChI=1S/C65H102O6/c1-4-7-10-13-15-17-19-21-23-25-27-29-30-31-32-33-34-36-37-39-41-43-45-47-49-52-55-58-64(67)70-61-62(60-69-63(66)57-54-51-12-9-6-3)71-65(68)59-56-53-50-48-46-44-42-40-38-35-28-26-24-22-20-18-16-14-11-8-5-2/h7-8,10-11,15-18,21-24,27-29,31-32,34-36,39,41,45,47,62H,4-6,9,12-14,19-20,25-26,30,33,37-38,40,42-44,46,48-61H2,1-3H3/b10-7-,11-8-,17-15-,18-16-,23-21-,24-22-,29-27-,32-31-,35-28-,36-34-,41-39-,47-45-. The lowest BCUT2D eigenvalue weighted by molar-refractivity contribution is -0.167. The van der Waals surface area contributed by atoms with Crippen molar-refractivity contribution in [2.75, 3.05) is 13.2 Å². The third-order valence-electron chi connectivity index (χ3n) is 11.3. The first-order valence-corrected chi connectivity index (χ1v) is 28.3. The summed E-state index contributed by atoms with van der Waals surface area (Å²) in [6, 6.07) is 0. The lowest BCUT2D eigenvalue weighted by atomic mass is 10.1. The van der Waals surface area contributed by atoms with Gasteiger partial charge in [-0.1, -0.05) is 231 Å². The minimum atomic E-state index is -0.803. The number of carbonyl (C=O) groups is 3. The zero-order valence-corrected chi connectivity index (χ0v) is 45.4. The number of allylic oxidation sites excluding steroid dienone is 24. The summed E-state index contributed by atoms with van der Waals surface area (Å²) in [6.45, 7) is 6.27. The number of carbonyl (C=O) groups excluding carboxylic acids is 3. The van der Waals surface area contributed by atoms with Crippen LogP contribution >= 0.6 is 0 Å². The number of esters is 3. The van der Waals surface area contributed by atoms with Crippen LogP contribution in [-0.4, -0.2) is 37.2 Å². The Bertz CT molecular complexity index is 1590. The lowest BCUT2D eigenvalue weighted by Crippen LogP contribution is -2.30. The summed E-state index contributed by atoms with van der Waals surface area (Å²) in [4.78, 5) is 37.8. The van der Waals surface area contributed by atoms with Gasteiger partial charge in [-0.05, 0) is 122 Å². The van der Waals surface area contributed by atoms with Gasteiger partial charge < -0.3 is 14.2 Å². The van der Waals surface area contributed by atoms with Crippen molar-refractivity contribution in [2.24, 2.45) is 0 Å². The average Bonchev–Trinajstić information content (AvgIpc) is 3.37. The Morgan fingerprint density at radius 1 is 0.296 bits per heavy atom. The van der Waals surface area contributed by atoms with Gasteiger partial charge in [0, 0.05) is 19.3 Å². The number of hydrogen-bond acceptors (Lipinski definition) is 6. The second-order valence-electron chi connectivity index (χ2n) is 18.1. The molecule has 0 saturated carbocycles. The lowest BCUT2D eigenvalue weighted by Gasteiger charge is -2.18. The van der Waals surface area contributed by atoms with Gasteiger partial charge in [-0.3, -0.25) is 14.4 Å². The highest BCUT2D eigenvalue weighted by Gasteiger charge is 2.19. The number of hydrogen-bond donors (Lipinski definition) is 0. The molecule has 398 valence electrons. The van der Waals surface area contributed by atoms with Crippen LogP contribution in [0.2, 0.25) is 0 Å². The van der Waals surface area contributed by atoms with Crippen LogP contribution in [0.3, 0.4) is 0 Å². The molecular formula is C65H102O6.